The number of nitrogens with two attached hydrogens (primary N) is 1. The molecule has 0 aliphatic carbocycles. The van der Waals surface area contributed by atoms with E-state index in [4.69, 9.17) is 15.2 Å². The maximum absolute atomic E-state index is 11.9. The minimum absolute atomic E-state index is 0.0315. The first kappa shape index (κ1) is 19.8. The number of aliphatic hydroxyl groups is 1. The van der Waals surface area contributed by atoms with E-state index >= 15 is 0 Å². The summed E-state index contributed by atoms with van der Waals surface area (Å²) in [6, 6.07) is 13.5. The first-order chi connectivity index (χ1) is 13.9. The molecule has 1 fully saturated rings. The van der Waals surface area contributed by atoms with Gasteiger partial charge in [-0.1, -0.05) is 51.1 Å². The molecule has 0 saturated carbocycles. The van der Waals surface area contributed by atoms with Gasteiger partial charge in [0.15, 0.2) is 5.82 Å². The van der Waals surface area contributed by atoms with E-state index in [2.05, 4.69) is 30.9 Å². The smallest absolute Gasteiger partial charge is 0.238 e. The molecule has 1 aliphatic heterocycles. The molecule has 1 unspecified atom stereocenters. The maximum Gasteiger partial charge on any atom is 0.238 e. The SMILES string of the molecule is CCC1(CC)OC(O)(c2ccc3c(N)ncnn23)[C@H](OCc2ccccc2)[C@@H]1C. The summed E-state index contributed by atoms with van der Waals surface area (Å²) in [4.78, 5) is 4.03. The molecule has 1 aromatic carbocycles. The summed E-state index contributed by atoms with van der Waals surface area (Å²) in [5.41, 5.74) is 7.65. The number of rotatable bonds is 6. The number of nitrogens with zero attached hydrogens (tertiary/aromatic N) is 3. The van der Waals surface area contributed by atoms with Gasteiger partial charge in [-0.25, -0.2) is 9.50 Å². The maximum atomic E-state index is 11.9. The number of ether oxygens (including phenoxy) is 2. The third kappa shape index (κ3) is 3.10. The van der Waals surface area contributed by atoms with Gasteiger partial charge in [-0.2, -0.15) is 5.10 Å². The minimum Gasteiger partial charge on any atom is -0.382 e. The van der Waals surface area contributed by atoms with Crippen molar-refractivity contribution >= 4 is 11.3 Å². The van der Waals surface area contributed by atoms with Crippen LogP contribution in [0.15, 0.2) is 48.8 Å². The molecular weight excluding hydrogens is 368 g/mol. The van der Waals surface area contributed by atoms with Crippen molar-refractivity contribution in [2.75, 3.05) is 5.73 Å². The first-order valence-electron chi connectivity index (χ1n) is 10.1. The average molecular weight is 396 g/mol. The molecule has 7 heteroatoms. The van der Waals surface area contributed by atoms with Crippen LogP contribution in [0.25, 0.3) is 5.52 Å². The lowest BCUT2D eigenvalue weighted by Gasteiger charge is -2.32. The molecule has 7 nitrogen and oxygen atoms in total. The topological polar surface area (TPSA) is 94.9 Å². The molecule has 1 aliphatic rings. The van der Waals surface area contributed by atoms with E-state index in [0.29, 0.717) is 23.6 Å². The summed E-state index contributed by atoms with van der Waals surface area (Å²) in [7, 11) is 0. The second-order valence-electron chi connectivity index (χ2n) is 7.74. The largest absolute Gasteiger partial charge is 0.382 e. The Kier molecular flexibility index (Phi) is 5.06. The van der Waals surface area contributed by atoms with Crippen LogP contribution in [0.3, 0.4) is 0 Å². The van der Waals surface area contributed by atoms with Gasteiger partial charge < -0.3 is 20.3 Å². The monoisotopic (exact) mass is 396 g/mol. The molecule has 4 rings (SSSR count). The Labute approximate surface area is 170 Å². The molecule has 3 atom stereocenters. The standard InChI is InChI=1S/C22H28N4O3/c1-4-21(5-2)15(3)19(28-13-16-9-7-6-8-10-16)22(27,29-21)18-12-11-17-20(23)24-14-25-26(17)18/h6-12,14-15,19,27H,4-5,13H2,1-3H3,(H2,23,24,25)/t15-,19+,22?/m0/s1. The fourth-order valence-corrected chi connectivity index (χ4v) is 4.55. The molecule has 0 amide bonds. The highest BCUT2D eigenvalue weighted by Crippen LogP contribution is 2.51. The summed E-state index contributed by atoms with van der Waals surface area (Å²) >= 11 is 0. The molecule has 3 heterocycles. The zero-order valence-electron chi connectivity index (χ0n) is 17.1. The fourth-order valence-electron chi connectivity index (χ4n) is 4.55. The normalized spacial score (nSPS) is 26.2. The highest BCUT2D eigenvalue weighted by Gasteiger charge is 2.61. The summed E-state index contributed by atoms with van der Waals surface area (Å²) in [5.74, 6) is -1.34. The van der Waals surface area contributed by atoms with Crippen LogP contribution >= 0.6 is 0 Å². The third-order valence-electron chi connectivity index (χ3n) is 6.35. The minimum atomic E-state index is -1.66. The van der Waals surface area contributed by atoms with E-state index in [1.165, 1.54) is 6.33 Å². The van der Waals surface area contributed by atoms with Crippen LogP contribution in [-0.2, 0) is 21.9 Å². The Balaban J connectivity index is 1.77. The summed E-state index contributed by atoms with van der Waals surface area (Å²) < 4.78 is 14.4. The summed E-state index contributed by atoms with van der Waals surface area (Å²) in [5, 5.41) is 16.2. The molecule has 0 radical (unpaired) electrons. The van der Waals surface area contributed by atoms with Gasteiger partial charge in [0.05, 0.1) is 12.2 Å². The molecule has 1 saturated heterocycles. The fraction of sp³-hybridized carbons (Fsp3) is 0.455. The molecule has 154 valence electrons. The highest BCUT2D eigenvalue weighted by atomic mass is 16.7. The van der Waals surface area contributed by atoms with Crippen LogP contribution in [-0.4, -0.2) is 31.4 Å². The van der Waals surface area contributed by atoms with Gasteiger partial charge >= 0.3 is 0 Å². The second kappa shape index (κ2) is 7.40. The average Bonchev–Trinajstić information content (AvgIpc) is 3.27. The number of hydrogen-bond acceptors (Lipinski definition) is 6. The van der Waals surface area contributed by atoms with Crippen LogP contribution in [0.4, 0.5) is 5.82 Å². The lowest BCUT2D eigenvalue weighted by atomic mass is 9.81. The van der Waals surface area contributed by atoms with Crippen molar-refractivity contribution in [2.24, 2.45) is 5.92 Å². The van der Waals surface area contributed by atoms with E-state index in [9.17, 15) is 5.11 Å². The van der Waals surface area contributed by atoms with Crippen molar-refractivity contribution in [3.8, 4) is 0 Å². The number of benzene rings is 1. The summed E-state index contributed by atoms with van der Waals surface area (Å²) in [6.07, 6.45) is 2.33. The van der Waals surface area contributed by atoms with Crippen molar-refractivity contribution in [2.45, 2.75) is 57.7 Å². The third-order valence-corrected chi connectivity index (χ3v) is 6.35. The van der Waals surface area contributed by atoms with E-state index in [1.54, 1.807) is 16.6 Å². The number of fused-ring (bicyclic) bond motifs is 1. The van der Waals surface area contributed by atoms with Crippen LogP contribution in [0, 0.1) is 5.92 Å². The predicted octanol–water partition coefficient (Wildman–Crippen LogP) is 3.27. The van der Waals surface area contributed by atoms with Crippen molar-refractivity contribution in [1.82, 2.24) is 14.6 Å². The van der Waals surface area contributed by atoms with Crippen LogP contribution in [0.2, 0.25) is 0 Å². The van der Waals surface area contributed by atoms with E-state index in [-0.39, 0.29) is 5.92 Å². The van der Waals surface area contributed by atoms with Crippen molar-refractivity contribution in [1.29, 1.82) is 0 Å². The first-order valence-corrected chi connectivity index (χ1v) is 10.1. The van der Waals surface area contributed by atoms with Crippen LogP contribution < -0.4 is 5.73 Å². The molecular formula is C22H28N4O3. The van der Waals surface area contributed by atoms with Gasteiger partial charge in [-0.05, 0) is 30.5 Å². The molecule has 3 aromatic rings. The summed E-state index contributed by atoms with van der Waals surface area (Å²) in [6.45, 7) is 6.62. The molecule has 0 bridgehead atoms. The Morgan fingerprint density at radius 2 is 1.90 bits per heavy atom. The zero-order valence-corrected chi connectivity index (χ0v) is 17.1. The lowest BCUT2D eigenvalue weighted by molar-refractivity contribution is -0.270. The molecule has 0 spiro atoms. The second-order valence-corrected chi connectivity index (χ2v) is 7.74. The highest BCUT2D eigenvalue weighted by molar-refractivity contribution is 5.65. The number of nitrogen functional groups attached to an aromatic ring is 1. The van der Waals surface area contributed by atoms with Gasteiger partial charge in [-0.3, -0.25) is 0 Å². The van der Waals surface area contributed by atoms with Gasteiger partial charge in [0.25, 0.3) is 0 Å². The Morgan fingerprint density at radius 3 is 2.59 bits per heavy atom. The number of aromatic nitrogens is 3. The Morgan fingerprint density at radius 1 is 1.17 bits per heavy atom. The van der Waals surface area contributed by atoms with Crippen molar-refractivity contribution < 1.29 is 14.6 Å². The van der Waals surface area contributed by atoms with E-state index < -0.39 is 17.5 Å². The number of anilines is 1. The van der Waals surface area contributed by atoms with Crippen molar-refractivity contribution in [3.63, 3.8) is 0 Å². The van der Waals surface area contributed by atoms with Crippen LogP contribution in [0.5, 0.6) is 0 Å². The quantitative estimate of drug-likeness (QED) is 0.664. The molecule has 3 N–H and O–H groups in total. The lowest BCUT2D eigenvalue weighted by Crippen LogP contribution is -2.41. The zero-order chi connectivity index (χ0) is 20.6. The molecule has 2 aromatic heterocycles. The Hall–Kier alpha value is -2.48. The van der Waals surface area contributed by atoms with Crippen molar-refractivity contribution in [3.05, 3.63) is 60.0 Å². The Bertz CT molecular complexity index is 986. The predicted molar refractivity (Wildman–Crippen MR) is 110 cm³/mol. The van der Waals surface area contributed by atoms with Gasteiger partial charge in [0.2, 0.25) is 5.79 Å². The van der Waals surface area contributed by atoms with Crippen LogP contribution in [0.1, 0.15) is 44.9 Å². The van der Waals surface area contributed by atoms with E-state index in [0.717, 1.165) is 18.4 Å². The molecule has 29 heavy (non-hydrogen) atoms. The van der Waals surface area contributed by atoms with Gasteiger partial charge in [0, 0.05) is 5.92 Å². The number of hydrogen-bond donors (Lipinski definition) is 2. The van der Waals surface area contributed by atoms with E-state index in [1.807, 2.05) is 30.3 Å². The van der Waals surface area contributed by atoms with Gasteiger partial charge in [0.1, 0.15) is 23.6 Å². The van der Waals surface area contributed by atoms with Gasteiger partial charge in [-0.15, -0.1) is 0 Å².